The number of rotatable bonds is 6. The quantitative estimate of drug-likeness (QED) is 0.767. The first kappa shape index (κ1) is 14.5. The van der Waals surface area contributed by atoms with E-state index in [4.69, 9.17) is 11.6 Å². The molecule has 0 saturated heterocycles. The van der Waals surface area contributed by atoms with Gasteiger partial charge in [0.1, 0.15) is 0 Å². The fourth-order valence-corrected chi connectivity index (χ4v) is 2.39. The van der Waals surface area contributed by atoms with Crippen LogP contribution in [0.4, 0.5) is 0 Å². The van der Waals surface area contributed by atoms with Gasteiger partial charge in [-0.15, -0.1) is 0 Å². The Morgan fingerprint density at radius 2 is 1.71 bits per heavy atom. The molecule has 0 radical (unpaired) electrons. The van der Waals surface area contributed by atoms with E-state index in [0.29, 0.717) is 12.1 Å². The molecule has 0 fully saturated rings. The predicted molar refractivity (Wildman–Crippen MR) is 76.5 cm³/mol. The maximum absolute atomic E-state index is 5.91. The Hall–Kier alpha value is -0.530. The van der Waals surface area contributed by atoms with Crippen molar-refractivity contribution >= 4 is 11.6 Å². The van der Waals surface area contributed by atoms with Gasteiger partial charge in [-0.05, 0) is 43.4 Å². The van der Waals surface area contributed by atoms with E-state index >= 15 is 0 Å². The number of hydrogen-bond donors (Lipinski definition) is 1. The van der Waals surface area contributed by atoms with Crippen LogP contribution in [0.5, 0.6) is 0 Å². The van der Waals surface area contributed by atoms with E-state index in [1.165, 1.54) is 12.0 Å². The van der Waals surface area contributed by atoms with Crippen LogP contribution in [0.1, 0.15) is 52.1 Å². The first-order valence-electron chi connectivity index (χ1n) is 6.54. The Labute approximate surface area is 111 Å². The molecule has 2 heteroatoms. The molecule has 0 amide bonds. The fourth-order valence-electron chi connectivity index (χ4n) is 2.26. The van der Waals surface area contributed by atoms with Crippen LogP contribution in [0.2, 0.25) is 5.02 Å². The van der Waals surface area contributed by atoms with Crippen molar-refractivity contribution in [2.24, 2.45) is 5.92 Å². The zero-order valence-electron chi connectivity index (χ0n) is 11.3. The highest BCUT2D eigenvalue weighted by atomic mass is 35.5. The summed E-state index contributed by atoms with van der Waals surface area (Å²) in [5, 5.41) is 4.50. The predicted octanol–water partition coefficient (Wildman–Crippen LogP) is 4.82. The molecule has 0 aliphatic rings. The molecule has 0 aromatic heterocycles. The second-order valence-corrected chi connectivity index (χ2v) is 5.65. The largest absolute Gasteiger partial charge is 0.307 e. The molecule has 0 heterocycles. The minimum atomic E-state index is 0.431. The van der Waals surface area contributed by atoms with E-state index in [0.717, 1.165) is 17.4 Å². The standard InChI is InChI=1S/C15H24ClN/c1-5-15(17-12(4)10-11(2)3)13-6-8-14(16)9-7-13/h6-9,11-12,15,17H,5,10H2,1-4H3. The molecule has 2 atom stereocenters. The third kappa shape index (κ3) is 5.10. The molecule has 1 N–H and O–H groups in total. The highest BCUT2D eigenvalue weighted by molar-refractivity contribution is 6.30. The van der Waals surface area contributed by atoms with E-state index in [1.54, 1.807) is 0 Å². The lowest BCUT2D eigenvalue weighted by molar-refractivity contribution is 0.388. The zero-order valence-corrected chi connectivity index (χ0v) is 12.1. The van der Waals surface area contributed by atoms with E-state index in [-0.39, 0.29) is 0 Å². The second kappa shape index (κ2) is 7.03. The molecular weight excluding hydrogens is 230 g/mol. The molecule has 0 aliphatic heterocycles. The molecule has 1 rings (SSSR count). The lowest BCUT2D eigenvalue weighted by atomic mass is 10.0. The molecule has 0 bridgehead atoms. The number of nitrogens with one attached hydrogen (secondary N) is 1. The van der Waals surface area contributed by atoms with Crippen LogP contribution >= 0.6 is 11.6 Å². The Bertz CT molecular complexity index is 318. The summed E-state index contributed by atoms with van der Waals surface area (Å²) < 4.78 is 0. The van der Waals surface area contributed by atoms with Crippen molar-refractivity contribution in [3.8, 4) is 0 Å². The van der Waals surface area contributed by atoms with Gasteiger partial charge in [0.25, 0.3) is 0 Å². The maximum Gasteiger partial charge on any atom is 0.0406 e. The third-order valence-corrected chi connectivity index (χ3v) is 3.24. The summed E-state index contributed by atoms with van der Waals surface area (Å²) in [6.07, 6.45) is 2.31. The Kier molecular flexibility index (Phi) is 6.01. The molecule has 0 aliphatic carbocycles. The summed E-state index contributed by atoms with van der Waals surface area (Å²) in [5.41, 5.74) is 1.33. The Morgan fingerprint density at radius 3 is 2.18 bits per heavy atom. The molecule has 17 heavy (non-hydrogen) atoms. The zero-order chi connectivity index (χ0) is 12.8. The minimum Gasteiger partial charge on any atom is -0.307 e. The summed E-state index contributed by atoms with van der Waals surface area (Å²) in [5.74, 6) is 0.736. The van der Waals surface area contributed by atoms with Gasteiger partial charge >= 0.3 is 0 Å². The molecule has 96 valence electrons. The first-order chi connectivity index (χ1) is 8.02. The molecule has 0 saturated carbocycles. The van der Waals surface area contributed by atoms with Crippen molar-refractivity contribution in [2.45, 2.75) is 52.6 Å². The van der Waals surface area contributed by atoms with Crippen LogP contribution in [-0.2, 0) is 0 Å². The minimum absolute atomic E-state index is 0.431. The lowest BCUT2D eigenvalue weighted by Gasteiger charge is -2.24. The van der Waals surface area contributed by atoms with Gasteiger partial charge in [-0.3, -0.25) is 0 Å². The summed E-state index contributed by atoms with van der Waals surface area (Å²) in [4.78, 5) is 0. The van der Waals surface area contributed by atoms with Gasteiger partial charge in [-0.2, -0.15) is 0 Å². The maximum atomic E-state index is 5.91. The van der Waals surface area contributed by atoms with Gasteiger partial charge < -0.3 is 5.32 Å². The van der Waals surface area contributed by atoms with Gasteiger partial charge in [0, 0.05) is 17.1 Å². The molecule has 1 nitrogen and oxygen atoms in total. The molecule has 2 unspecified atom stereocenters. The third-order valence-electron chi connectivity index (χ3n) is 2.99. The van der Waals surface area contributed by atoms with Crippen molar-refractivity contribution in [2.75, 3.05) is 0 Å². The summed E-state index contributed by atoms with van der Waals surface area (Å²) in [6.45, 7) is 9.01. The highest BCUT2D eigenvalue weighted by Gasteiger charge is 2.13. The van der Waals surface area contributed by atoms with Crippen LogP contribution in [0.3, 0.4) is 0 Å². The number of benzene rings is 1. The summed E-state index contributed by atoms with van der Waals surface area (Å²) in [6, 6.07) is 9.15. The molecular formula is C15H24ClN. The van der Waals surface area contributed by atoms with Crippen molar-refractivity contribution in [1.29, 1.82) is 0 Å². The highest BCUT2D eigenvalue weighted by Crippen LogP contribution is 2.20. The lowest BCUT2D eigenvalue weighted by Crippen LogP contribution is -2.31. The van der Waals surface area contributed by atoms with Gasteiger partial charge in [0.15, 0.2) is 0 Å². The Balaban J connectivity index is 2.62. The Morgan fingerprint density at radius 1 is 1.12 bits per heavy atom. The molecule has 0 spiro atoms. The number of hydrogen-bond acceptors (Lipinski definition) is 1. The monoisotopic (exact) mass is 253 g/mol. The van der Waals surface area contributed by atoms with Crippen LogP contribution in [0, 0.1) is 5.92 Å². The van der Waals surface area contributed by atoms with E-state index in [1.807, 2.05) is 12.1 Å². The van der Waals surface area contributed by atoms with Crippen molar-refractivity contribution in [1.82, 2.24) is 5.32 Å². The van der Waals surface area contributed by atoms with E-state index in [9.17, 15) is 0 Å². The van der Waals surface area contributed by atoms with Crippen molar-refractivity contribution < 1.29 is 0 Å². The SMILES string of the molecule is CCC(NC(C)CC(C)C)c1ccc(Cl)cc1. The molecule has 1 aromatic rings. The van der Waals surface area contributed by atoms with Gasteiger partial charge in [0.2, 0.25) is 0 Å². The van der Waals surface area contributed by atoms with E-state index in [2.05, 4.69) is 45.1 Å². The van der Waals surface area contributed by atoms with E-state index < -0.39 is 0 Å². The van der Waals surface area contributed by atoms with Crippen LogP contribution < -0.4 is 5.32 Å². The average molecular weight is 254 g/mol. The van der Waals surface area contributed by atoms with Gasteiger partial charge in [0.05, 0.1) is 0 Å². The summed E-state index contributed by atoms with van der Waals surface area (Å²) in [7, 11) is 0. The topological polar surface area (TPSA) is 12.0 Å². The van der Waals surface area contributed by atoms with Gasteiger partial charge in [-0.25, -0.2) is 0 Å². The normalized spacial score (nSPS) is 14.9. The van der Waals surface area contributed by atoms with Crippen LogP contribution in [0.25, 0.3) is 0 Å². The summed E-state index contributed by atoms with van der Waals surface area (Å²) >= 11 is 5.91. The van der Waals surface area contributed by atoms with Crippen LogP contribution in [-0.4, -0.2) is 6.04 Å². The molecule has 1 aromatic carbocycles. The first-order valence-corrected chi connectivity index (χ1v) is 6.92. The van der Waals surface area contributed by atoms with Crippen molar-refractivity contribution in [3.63, 3.8) is 0 Å². The van der Waals surface area contributed by atoms with Gasteiger partial charge in [-0.1, -0.05) is 44.5 Å². The second-order valence-electron chi connectivity index (χ2n) is 5.21. The van der Waals surface area contributed by atoms with Crippen LogP contribution in [0.15, 0.2) is 24.3 Å². The number of halogens is 1. The smallest absolute Gasteiger partial charge is 0.0406 e. The van der Waals surface area contributed by atoms with Crippen molar-refractivity contribution in [3.05, 3.63) is 34.9 Å². The fraction of sp³-hybridized carbons (Fsp3) is 0.600. The average Bonchev–Trinajstić information content (AvgIpc) is 2.26.